The molecule has 6 heteroatoms. The Morgan fingerprint density at radius 3 is 2.62 bits per heavy atom. The van der Waals surface area contributed by atoms with Crippen molar-refractivity contribution in [3.8, 4) is 5.69 Å². The van der Waals surface area contributed by atoms with E-state index in [4.69, 9.17) is 11.6 Å². The molecule has 0 aliphatic rings. The molecule has 0 amide bonds. The summed E-state index contributed by atoms with van der Waals surface area (Å²) in [6.45, 7) is 2.01. The number of halogens is 1. The standard InChI is InChI=1S/C20H15ClN4O/c1-14-4-8-17(9-5-14)24-18(21)12-19-23-16(11-20(26)25(19)24)7-6-15-3-2-10-22-13-15/h2-13H,1H3/b7-6+. The summed E-state index contributed by atoms with van der Waals surface area (Å²) < 4.78 is 3.12. The van der Waals surface area contributed by atoms with Crippen LogP contribution in [-0.2, 0) is 0 Å². The summed E-state index contributed by atoms with van der Waals surface area (Å²) in [5, 5.41) is 0.423. The van der Waals surface area contributed by atoms with Crippen molar-refractivity contribution in [2.75, 3.05) is 0 Å². The number of benzene rings is 1. The first-order chi connectivity index (χ1) is 12.6. The van der Waals surface area contributed by atoms with E-state index in [0.29, 0.717) is 16.5 Å². The Kier molecular flexibility index (Phi) is 4.14. The van der Waals surface area contributed by atoms with Crippen LogP contribution < -0.4 is 5.56 Å². The summed E-state index contributed by atoms with van der Waals surface area (Å²) >= 11 is 6.38. The molecule has 0 spiro atoms. The molecule has 0 unspecified atom stereocenters. The second-order valence-corrected chi connectivity index (χ2v) is 6.31. The first-order valence-electron chi connectivity index (χ1n) is 8.08. The molecule has 0 aliphatic heterocycles. The van der Waals surface area contributed by atoms with Crippen molar-refractivity contribution in [2.45, 2.75) is 6.92 Å². The van der Waals surface area contributed by atoms with Crippen LogP contribution in [0.4, 0.5) is 0 Å². The van der Waals surface area contributed by atoms with E-state index in [-0.39, 0.29) is 5.56 Å². The summed E-state index contributed by atoms with van der Waals surface area (Å²) in [6, 6.07) is 14.7. The van der Waals surface area contributed by atoms with Gasteiger partial charge in [0.25, 0.3) is 5.56 Å². The third kappa shape index (κ3) is 3.05. The normalized spacial score (nSPS) is 11.5. The van der Waals surface area contributed by atoms with Crippen LogP contribution in [0.3, 0.4) is 0 Å². The fourth-order valence-corrected chi connectivity index (χ4v) is 3.01. The molecule has 3 aromatic heterocycles. The second-order valence-electron chi connectivity index (χ2n) is 5.92. The average molecular weight is 363 g/mol. The van der Waals surface area contributed by atoms with Gasteiger partial charge in [-0.15, -0.1) is 0 Å². The molecule has 3 heterocycles. The first-order valence-corrected chi connectivity index (χ1v) is 8.46. The van der Waals surface area contributed by atoms with Crippen LogP contribution in [-0.4, -0.2) is 19.2 Å². The maximum Gasteiger partial charge on any atom is 0.273 e. The minimum absolute atomic E-state index is 0.201. The molecule has 0 saturated heterocycles. The zero-order valence-corrected chi connectivity index (χ0v) is 14.8. The summed E-state index contributed by atoms with van der Waals surface area (Å²) in [5.41, 5.74) is 3.73. The molecular weight excluding hydrogens is 348 g/mol. The van der Waals surface area contributed by atoms with Gasteiger partial charge >= 0.3 is 0 Å². The van der Waals surface area contributed by atoms with Gasteiger partial charge in [-0.3, -0.25) is 9.78 Å². The van der Waals surface area contributed by atoms with Gasteiger partial charge in [0, 0.05) is 24.5 Å². The molecule has 1 aromatic carbocycles. The molecule has 0 fully saturated rings. The maximum atomic E-state index is 12.7. The Morgan fingerprint density at radius 2 is 1.88 bits per heavy atom. The number of aryl methyl sites for hydroxylation is 1. The van der Waals surface area contributed by atoms with Crippen molar-refractivity contribution < 1.29 is 0 Å². The van der Waals surface area contributed by atoms with Crippen molar-refractivity contribution in [1.82, 2.24) is 19.2 Å². The fraction of sp³-hybridized carbons (Fsp3) is 0.0500. The summed E-state index contributed by atoms with van der Waals surface area (Å²) in [7, 11) is 0. The lowest BCUT2D eigenvalue weighted by molar-refractivity contribution is 0.763. The number of fused-ring (bicyclic) bond motifs is 1. The molecule has 5 nitrogen and oxygen atoms in total. The number of hydrogen-bond donors (Lipinski definition) is 0. The van der Waals surface area contributed by atoms with Crippen molar-refractivity contribution >= 4 is 29.4 Å². The molecule has 0 atom stereocenters. The van der Waals surface area contributed by atoms with Gasteiger partial charge in [-0.05, 0) is 36.8 Å². The number of hydrogen-bond acceptors (Lipinski definition) is 3. The number of rotatable bonds is 3. The van der Waals surface area contributed by atoms with Crippen molar-refractivity contribution in [1.29, 1.82) is 0 Å². The van der Waals surface area contributed by atoms with E-state index in [1.807, 2.05) is 49.4 Å². The second kappa shape index (κ2) is 6.61. The van der Waals surface area contributed by atoms with E-state index in [1.165, 1.54) is 10.6 Å². The van der Waals surface area contributed by atoms with Crippen LogP contribution >= 0.6 is 11.6 Å². The van der Waals surface area contributed by atoms with Crippen LogP contribution in [0.2, 0.25) is 5.15 Å². The van der Waals surface area contributed by atoms with E-state index in [2.05, 4.69) is 9.97 Å². The van der Waals surface area contributed by atoms with Gasteiger partial charge in [-0.25, -0.2) is 9.67 Å². The third-order valence-corrected chi connectivity index (χ3v) is 4.27. The third-order valence-electron chi connectivity index (χ3n) is 4.00. The van der Waals surface area contributed by atoms with E-state index < -0.39 is 0 Å². The number of nitrogens with zero attached hydrogens (tertiary/aromatic N) is 4. The van der Waals surface area contributed by atoms with Gasteiger partial charge in [-0.1, -0.05) is 41.4 Å². The molecule has 4 rings (SSSR count). The Balaban J connectivity index is 1.81. The van der Waals surface area contributed by atoms with E-state index >= 15 is 0 Å². The lowest BCUT2D eigenvalue weighted by Gasteiger charge is -2.08. The molecule has 26 heavy (non-hydrogen) atoms. The van der Waals surface area contributed by atoms with Gasteiger partial charge in [-0.2, -0.15) is 4.52 Å². The van der Waals surface area contributed by atoms with Crippen LogP contribution in [0.1, 0.15) is 16.8 Å². The first kappa shape index (κ1) is 16.3. The van der Waals surface area contributed by atoms with Crippen molar-refractivity contribution in [3.63, 3.8) is 0 Å². The average Bonchev–Trinajstić information content (AvgIpc) is 2.98. The van der Waals surface area contributed by atoms with Gasteiger partial charge in [0.15, 0.2) is 5.65 Å². The lowest BCUT2D eigenvalue weighted by atomic mass is 10.2. The summed E-state index contributed by atoms with van der Waals surface area (Å²) in [4.78, 5) is 21.3. The van der Waals surface area contributed by atoms with E-state index in [0.717, 1.165) is 16.8 Å². The predicted molar refractivity (Wildman–Crippen MR) is 104 cm³/mol. The Labute approximate surface area is 154 Å². The van der Waals surface area contributed by atoms with E-state index in [9.17, 15) is 4.79 Å². The highest BCUT2D eigenvalue weighted by molar-refractivity contribution is 6.30. The van der Waals surface area contributed by atoms with Crippen LogP contribution in [0.15, 0.2) is 65.7 Å². The highest BCUT2D eigenvalue weighted by Crippen LogP contribution is 2.20. The minimum Gasteiger partial charge on any atom is -0.267 e. The van der Waals surface area contributed by atoms with Crippen LogP contribution in [0, 0.1) is 6.92 Å². The van der Waals surface area contributed by atoms with E-state index in [1.54, 1.807) is 29.2 Å². The number of pyridine rings is 1. The van der Waals surface area contributed by atoms with Gasteiger partial charge < -0.3 is 0 Å². The van der Waals surface area contributed by atoms with Crippen LogP contribution in [0.5, 0.6) is 0 Å². The molecule has 0 saturated carbocycles. The number of aromatic nitrogens is 4. The van der Waals surface area contributed by atoms with Gasteiger partial charge in [0.1, 0.15) is 5.15 Å². The largest absolute Gasteiger partial charge is 0.273 e. The zero-order chi connectivity index (χ0) is 18.1. The molecule has 0 N–H and O–H groups in total. The Hall–Kier alpha value is -3.18. The van der Waals surface area contributed by atoms with Crippen LogP contribution in [0.25, 0.3) is 23.5 Å². The Bertz CT molecular complexity index is 1160. The molecule has 128 valence electrons. The van der Waals surface area contributed by atoms with Crippen molar-refractivity contribution in [3.05, 3.63) is 93.3 Å². The minimum atomic E-state index is -0.201. The fourth-order valence-electron chi connectivity index (χ4n) is 2.74. The summed E-state index contributed by atoms with van der Waals surface area (Å²) in [6.07, 6.45) is 7.11. The maximum absolute atomic E-state index is 12.7. The molecular formula is C20H15ClN4O. The molecule has 0 bridgehead atoms. The molecule has 0 aliphatic carbocycles. The smallest absolute Gasteiger partial charge is 0.267 e. The molecule has 4 aromatic rings. The van der Waals surface area contributed by atoms with Gasteiger partial charge in [0.05, 0.1) is 11.4 Å². The zero-order valence-electron chi connectivity index (χ0n) is 14.0. The predicted octanol–water partition coefficient (Wildman–Crippen LogP) is 4.01. The van der Waals surface area contributed by atoms with Crippen molar-refractivity contribution in [2.24, 2.45) is 0 Å². The monoisotopic (exact) mass is 362 g/mol. The summed E-state index contributed by atoms with van der Waals surface area (Å²) in [5.74, 6) is 0. The quantitative estimate of drug-likeness (QED) is 0.553. The Morgan fingerprint density at radius 1 is 1.08 bits per heavy atom. The molecule has 0 radical (unpaired) electrons. The van der Waals surface area contributed by atoms with Gasteiger partial charge in [0.2, 0.25) is 0 Å². The highest BCUT2D eigenvalue weighted by Gasteiger charge is 2.12. The highest BCUT2D eigenvalue weighted by atomic mass is 35.5. The topological polar surface area (TPSA) is 52.2 Å². The lowest BCUT2D eigenvalue weighted by Crippen LogP contribution is -2.20. The SMILES string of the molecule is Cc1ccc(-n2c(Cl)cc3nc(/C=C/c4cccnc4)cc(=O)n32)cc1.